The fourth-order valence-corrected chi connectivity index (χ4v) is 2.47. The number of esters is 2. The van der Waals surface area contributed by atoms with Gasteiger partial charge in [0.1, 0.15) is 0 Å². The SMILES string of the molecule is CC(C)COC(=O)C1=CC(C)CC(C)C=C1C(=O)OCC(C)C. The van der Waals surface area contributed by atoms with E-state index in [1.807, 2.05) is 53.7 Å². The zero-order chi connectivity index (χ0) is 17.6. The smallest absolute Gasteiger partial charge is 0.338 e. The first-order chi connectivity index (χ1) is 10.7. The van der Waals surface area contributed by atoms with Gasteiger partial charge >= 0.3 is 11.9 Å². The number of allylic oxidation sites excluding steroid dienone is 2. The molecule has 0 aromatic carbocycles. The molecule has 0 bridgehead atoms. The lowest BCUT2D eigenvalue weighted by atomic mass is 9.98. The van der Waals surface area contributed by atoms with Crippen LogP contribution in [0.25, 0.3) is 0 Å². The Morgan fingerprint density at radius 1 is 0.913 bits per heavy atom. The van der Waals surface area contributed by atoms with Gasteiger partial charge in [0, 0.05) is 0 Å². The molecule has 0 aromatic heterocycles. The molecule has 1 aliphatic rings. The quantitative estimate of drug-likeness (QED) is 0.696. The third-order valence-corrected chi connectivity index (χ3v) is 3.47. The van der Waals surface area contributed by atoms with E-state index >= 15 is 0 Å². The van der Waals surface area contributed by atoms with Gasteiger partial charge in [-0.15, -0.1) is 0 Å². The van der Waals surface area contributed by atoms with Gasteiger partial charge in [0.25, 0.3) is 0 Å². The van der Waals surface area contributed by atoms with Crippen molar-refractivity contribution < 1.29 is 19.1 Å². The van der Waals surface area contributed by atoms with E-state index in [-0.39, 0.29) is 23.7 Å². The average molecular weight is 322 g/mol. The van der Waals surface area contributed by atoms with Crippen LogP contribution in [0, 0.1) is 23.7 Å². The molecule has 0 radical (unpaired) electrons. The average Bonchev–Trinajstić information content (AvgIpc) is 2.60. The topological polar surface area (TPSA) is 52.6 Å². The summed E-state index contributed by atoms with van der Waals surface area (Å²) >= 11 is 0. The molecule has 0 spiro atoms. The zero-order valence-corrected chi connectivity index (χ0v) is 15.2. The molecule has 2 atom stereocenters. The summed E-state index contributed by atoms with van der Waals surface area (Å²) in [7, 11) is 0. The standard InChI is InChI=1S/C19H30O4/c1-12(2)10-22-18(20)16-8-14(5)7-15(6)9-17(16)19(21)23-11-13(3)4/h8-9,12-15H,7,10-11H2,1-6H3. The molecule has 0 fully saturated rings. The van der Waals surface area contributed by atoms with Crippen molar-refractivity contribution in [1.82, 2.24) is 0 Å². The van der Waals surface area contributed by atoms with E-state index in [9.17, 15) is 9.59 Å². The van der Waals surface area contributed by atoms with Crippen molar-refractivity contribution in [2.75, 3.05) is 13.2 Å². The third-order valence-electron chi connectivity index (χ3n) is 3.47. The predicted octanol–water partition coefficient (Wildman–Crippen LogP) is 3.91. The van der Waals surface area contributed by atoms with Crippen molar-refractivity contribution in [2.45, 2.75) is 48.0 Å². The summed E-state index contributed by atoms with van der Waals surface area (Å²) in [5.41, 5.74) is 0.688. The maximum absolute atomic E-state index is 12.4. The number of carbonyl (C=O) groups is 2. The molecule has 4 nitrogen and oxygen atoms in total. The first-order valence-corrected chi connectivity index (χ1v) is 8.48. The van der Waals surface area contributed by atoms with Gasteiger partial charge in [-0.1, -0.05) is 53.7 Å². The van der Waals surface area contributed by atoms with Crippen molar-refractivity contribution >= 4 is 11.9 Å². The van der Waals surface area contributed by atoms with E-state index in [1.54, 1.807) is 0 Å². The molecule has 0 N–H and O–H groups in total. The normalized spacial score (nSPS) is 21.6. The molecule has 1 aliphatic carbocycles. The molecular formula is C19H30O4. The summed E-state index contributed by atoms with van der Waals surface area (Å²) in [6, 6.07) is 0. The van der Waals surface area contributed by atoms with Crippen LogP contribution < -0.4 is 0 Å². The minimum Gasteiger partial charge on any atom is -0.462 e. The molecule has 0 saturated carbocycles. The second-order valence-corrected chi connectivity index (χ2v) is 7.34. The van der Waals surface area contributed by atoms with E-state index in [0.29, 0.717) is 24.4 Å². The Bertz CT molecular complexity index is 442. The second-order valence-electron chi connectivity index (χ2n) is 7.34. The highest BCUT2D eigenvalue weighted by molar-refractivity contribution is 6.07. The monoisotopic (exact) mass is 322 g/mol. The van der Waals surface area contributed by atoms with E-state index in [1.165, 1.54) is 0 Å². The van der Waals surface area contributed by atoms with E-state index < -0.39 is 11.9 Å². The van der Waals surface area contributed by atoms with Crippen LogP contribution in [0.1, 0.15) is 48.0 Å². The second kappa shape index (κ2) is 8.90. The Labute approximate surface area is 139 Å². The van der Waals surface area contributed by atoms with Crippen molar-refractivity contribution in [3.05, 3.63) is 23.3 Å². The fraction of sp³-hybridized carbons (Fsp3) is 0.684. The molecule has 1 rings (SSSR count). The highest BCUT2D eigenvalue weighted by atomic mass is 16.5. The summed E-state index contributed by atoms with van der Waals surface area (Å²) < 4.78 is 10.7. The van der Waals surface area contributed by atoms with Gasteiger partial charge in [-0.05, 0) is 30.1 Å². The maximum atomic E-state index is 12.4. The van der Waals surface area contributed by atoms with Crippen LogP contribution >= 0.6 is 0 Å². The molecule has 4 heteroatoms. The van der Waals surface area contributed by atoms with Crippen molar-refractivity contribution in [1.29, 1.82) is 0 Å². The summed E-state index contributed by atoms with van der Waals surface area (Å²) in [6.07, 6.45) is 4.57. The highest BCUT2D eigenvalue weighted by Crippen LogP contribution is 2.27. The molecule has 0 aromatic rings. The molecule has 23 heavy (non-hydrogen) atoms. The van der Waals surface area contributed by atoms with Crippen LogP contribution in [0.5, 0.6) is 0 Å². The van der Waals surface area contributed by atoms with E-state index in [2.05, 4.69) is 0 Å². The van der Waals surface area contributed by atoms with Gasteiger partial charge in [-0.2, -0.15) is 0 Å². The summed E-state index contributed by atoms with van der Waals surface area (Å²) in [4.78, 5) is 24.8. The fourth-order valence-electron chi connectivity index (χ4n) is 2.47. The molecule has 130 valence electrons. The number of rotatable bonds is 6. The number of ether oxygens (including phenoxy) is 2. The molecule has 0 saturated heterocycles. The Morgan fingerprint density at radius 3 is 1.57 bits per heavy atom. The summed E-state index contributed by atoms with van der Waals surface area (Å²) in [6.45, 7) is 12.7. The van der Waals surface area contributed by atoms with Gasteiger partial charge in [0.2, 0.25) is 0 Å². The zero-order valence-electron chi connectivity index (χ0n) is 15.2. The Morgan fingerprint density at radius 2 is 1.26 bits per heavy atom. The van der Waals surface area contributed by atoms with Crippen LogP contribution in [0.3, 0.4) is 0 Å². The lowest BCUT2D eigenvalue weighted by molar-refractivity contribution is -0.143. The highest BCUT2D eigenvalue weighted by Gasteiger charge is 2.27. The lowest BCUT2D eigenvalue weighted by Gasteiger charge is -2.14. The minimum atomic E-state index is -0.438. The van der Waals surface area contributed by atoms with Gasteiger partial charge in [0.15, 0.2) is 0 Å². The molecule has 0 amide bonds. The Kier molecular flexibility index (Phi) is 7.53. The van der Waals surface area contributed by atoms with Gasteiger partial charge in [-0.25, -0.2) is 9.59 Å². The number of carbonyl (C=O) groups excluding carboxylic acids is 2. The number of hydrogen-bond acceptors (Lipinski definition) is 4. The minimum absolute atomic E-state index is 0.207. The molecule has 0 aliphatic heterocycles. The number of hydrogen-bond donors (Lipinski definition) is 0. The van der Waals surface area contributed by atoms with Crippen LogP contribution in [-0.2, 0) is 19.1 Å². The van der Waals surface area contributed by atoms with Gasteiger partial charge < -0.3 is 9.47 Å². The largest absolute Gasteiger partial charge is 0.462 e. The molecule has 2 unspecified atom stereocenters. The summed E-state index contributed by atoms with van der Waals surface area (Å²) in [5.74, 6) is 0.0419. The van der Waals surface area contributed by atoms with Crippen molar-refractivity contribution in [3.8, 4) is 0 Å². The van der Waals surface area contributed by atoms with Gasteiger partial charge in [0.05, 0.1) is 24.4 Å². The third kappa shape index (κ3) is 6.59. The molecule has 0 heterocycles. The first-order valence-electron chi connectivity index (χ1n) is 8.48. The Balaban J connectivity index is 3.00. The van der Waals surface area contributed by atoms with Crippen LogP contribution in [0.4, 0.5) is 0 Å². The van der Waals surface area contributed by atoms with E-state index in [4.69, 9.17) is 9.47 Å². The lowest BCUT2D eigenvalue weighted by Crippen LogP contribution is -2.20. The van der Waals surface area contributed by atoms with E-state index in [0.717, 1.165) is 6.42 Å². The van der Waals surface area contributed by atoms with Gasteiger partial charge in [-0.3, -0.25) is 0 Å². The predicted molar refractivity (Wildman–Crippen MR) is 90.7 cm³/mol. The van der Waals surface area contributed by atoms with Crippen LogP contribution in [-0.4, -0.2) is 25.2 Å². The van der Waals surface area contributed by atoms with Crippen LogP contribution in [0.15, 0.2) is 23.3 Å². The Hall–Kier alpha value is -1.58. The first kappa shape index (κ1) is 19.5. The molecular weight excluding hydrogens is 292 g/mol. The van der Waals surface area contributed by atoms with Crippen LogP contribution in [0.2, 0.25) is 0 Å². The maximum Gasteiger partial charge on any atom is 0.338 e. The van der Waals surface area contributed by atoms with Crippen molar-refractivity contribution in [3.63, 3.8) is 0 Å². The summed E-state index contributed by atoms with van der Waals surface area (Å²) in [5, 5.41) is 0. The van der Waals surface area contributed by atoms with Crippen molar-refractivity contribution in [2.24, 2.45) is 23.7 Å².